The van der Waals surface area contributed by atoms with Gasteiger partial charge in [-0.25, -0.2) is 0 Å². The molecule has 0 N–H and O–H groups in total. The van der Waals surface area contributed by atoms with Gasteiger partial charge in [-0.3, -0.25) is 9.59 Å². The highest BCUT2D eigenvalue weighted by molar-refractivity contribution is 5.93. The van der Waals surface area contributed by atoms with Crippen LogP contribution in [-0.2, 0) is 9.59 Å². The van der Waals surface area contributed by atoms with Gasteiger partial charge in [-0.2, -0.15) is 0 Å². The molecule has 0 spiro atoms. The van der Waals surface area contributed by atoms with Crippen LogP contribution in [0.25, 0.3) is 0 Å². The zero-order valence-electron chi connectivity index (χ0n) is 14.9. The van der Waals surface area contributed by atoms with Crippen molar-refractivity contribution in [3.8, 4) is 0 Å². The third kappa shape index (κ3) is 2.06. The quantitative estimate of drug-likeness (QED) is 0.701. The Kier molecular flexibility index (Phi) is 3.42. The molecule has 4 aliphatic rings. The smallest absolute Gasteiger partial charge is 0.155 e. The summed E-state index contributed by atoms with van der Waals surface area (Å²) in [6.07, 6.45) is 11.1. The molecule has 0 saturated heterocycles. The van der Waals surface area contributed by atoms with Gasteiger partial charge in [0.1, 0.15) is 5.78 Å². The molecule has 0 aromatic heterocycles. The Morgan fingerprint density at radius 2 is 1.91 bits per heavy atom. The summed E-state index contributed by atoms with van der Waals surface area (Å²) >= 11 is 0. The maximum Gasteiger partial charge on any atom is 0.155 e. The van der Waals surface area contributed by atoms with Crippen molar-refractivity contribution in [2.45, 2.75) is 72.1 Å². The van der Waals surface area contributed by atoms with Crippen LogP contribution in [0.2, 0.25) is 0 Å². The topological polar surface area (TPSA) is 34.1 Å². The number of carbonyl (C=O) groups is 2. The summed E-state index contributed by atoms with van der Waals surface area (Å²) in [6, 6.07) is 0. The molecule has 0 heterocycles. The van der Waals surface area contributed by atoms with Crippen molar-refractivity contribution in [1.82, 2.24) is 0 Å². The van der Waals surface area contributed by atoms with E-state index in [0.717, 1.165) is 49.5 Å². The van der Waals surface area contributed by atoms with Crippen LogP contribution in [0, 0.1) is 34.5 Å². The van der Waals surface area contributed by atoms with Gasteiger partial charge in [-0.15, -0.1) is 0 Å². The van der Waals surface area contributed by atoms with Crippen molar-refractivity contribution in [3.05, 3.63) is 11.6 Å². The first-order valence-electron chi connectivity index (χ1n) is 9.59. The van der Waals surface area contributed by atoms with Gasteiger partial charge in [0.15, 0.2) is 5.78 Å². The van der Waals surface area contributed by atoms with E-state index in [4.69, 9.17) is 0 Å². The van der Waals surface area contributed by atoms with E-state index < -0.39 is 0 Å². The van der Waals surface area contributed by atoms with Crippen LogP contribution in [0.1, 0.15) is 72.1 Å². The van der Waals surface area contributed by atoms with Gasteiger partial charge < -0.3 is 0 Å². The maximum absolute atomic E-state index is 12.4. The molecule has 2 nitrogen and oxygen atoms in total. The normalized spacial score (nSPS) is 49.0. The van der Waals surface area contributed by atoms with E-state index in [1.54, 1.807) is 6.92 Å². The summed E-state index contributed by atoms with van der Waals surface area (Å²) in [5.41, 5.74) is 1.41. The van der Waals surface area contributed by atoms with Crippen molar-refractivity contribution in [1.29, 1.82) is 0 Å². The summed E-state index contributed by atoms with van der Waals surface area (Å²) in [7, 11) is 0. The number of ketones is 2. The van der Waals surface area contributed by atoms with Crippen LogP contribution in [0.4, 0.5) is 0 Å². The Morgan fingerprint density at radius 3 is 2.65 bits per heavy atom. The average Bonchev–Trinajstić information content (AvgIpc) is 2.82. The number of fused-ring (bicyclic) bond motifs is 5. The fourth-order valence-electron chi connectivity index (χ4n) is 6.94. The van der Waals surface area contributed by atoms with E-state index >= 15 is 0 Å². The summed E-state index contributed by atoms with van der Waals surface area (Å²) in [5.74, 6) is 3.62. The van der Waals surface area contributed by atoms with E-state index in [0.29, 0.717) is 23.0 Å². The molecule has 0 aliphatic heterocycles. The van der Waals surface area contributed by atoms with Gasteiger partial charge in [0.2, 0.25) is 0 Å². The van der Waals surface area contributed by atoms with Crippen LogP contribution in [0.15, 0.2) is 11.6 Å². The summed E-state index contributed by atoms with van der Waals surface area (Å²) in [6.45, 7) is 6.46. The van der Waals surface area contributed by atoms with Crippen molar-refractivity contribution in [3.63, 3.8) is 0 Å². The molecule has 0 aromatic rings. The lowest BCUT2D eigenvalue weighted by molar-refractivity contribution is -0.136. The number of Topliss-reactive ketones (excluding diaryl/α,β-unsaturated/α-hetero) is 2. The molecule has 6 atom stereocenters. The van der Waals surface area contributed by atoms with Crippen molar-refractivity contribution >= 4 is 11.6 Å². The number of carbonyl (C=O) groups excluding carboxylic acids is 2. The Morgan fingerprint density at radius 1 is 1.13 bits per heavy atom. The lowest BCUT2D eigenvalue weighted by Crippen LogP contribution is -2.52. The second kappa shape index (κ2) is 5.04. The minimum atomic E-state index is -0.0145. The van der Waals surface area contributed by atoms with Crippen molar-refractivity contribution in [2.24, 2.45) is 34.5 Å². The van der Waals surface area contributed by atoms with Gasteiger partial charge in [0, 0.05) is 11.8 Å². The fraction of sp³-hybridized carbons (Fsp3) is 0.810. The Bertz CT molecular complexity index is 589. The predicted octanol–water partition coefficient (Wildman–Crippen LogP) is 4.72. The molecule has 4 aliphatic carbocycles. The maximum atomic E-state index is 12.4. The SMILES string of the molecule is CC(=O)C1=CC[C@@]2(C)[C@H](CC[C@@H]3[C@@H]2CC[C@]2(C)C(=O)CC[C@@H]32)C1. The highest BCUT2D eigenvalue weighted by Crippen LogP contribution is 2.65. The number of hydrogen-bond donors (Lipinski definition) is 0. The molecule has 0 radical (unpaired) electrons. The molecule has 2 heteroatoms. The van der Waals surface area contributed by atoms with E-state index in [2.05, 4.69) is 19.9 Å². The van der Waals surface area contributed by atoms with Crippen LogP contribution >= 0.6 is 0 Å². The highest BCUT2D eigenvalue weighted by atomic mass is 16.1. The number of rotatable bonds is 1. The van der Waals surface area contributed by atoms with Crippen molar-refractivity contribution in [2.75, 3.05) is 0 Å². The Labute approximate surface area is 140 Å². The first-order chi connectivity index (χ1) is 10.9. The zero-order chi connectivity index (χ0) is 16.4. The minimum absolute atomic E-state index is 0.0145. The summed E-state index contributed by atoms with van der Waals surface area (Å²) in [4.78, 5) is 24.2. The molecule has 126 valence electrons. The number of allylic oxidation sites excluding steroid dienone is 2. The summed E-state index contributed by atoms with van der Waals surface area (Å²) < 4.78 is 0. The first-order valence-corrected chi connectivity index (χ1v) is 9.59. The second-order valence-electron chi connectivity index (χ2n) is 9.27. The summed E-state index contributed by atoms with van der Waals surface area (Å²) in [5, 5.41) is 0. The monoisotopic (exact) mass is 314 g/mol. The minimum Gasteiger partial charge on any atom is -0.299 e. The molecule has 0 bridgehead atoms. The molecule has 3 saturated carbocycles. The number of hydrogen-bond acceptors (Lipinski definition) is 2. The largest absolute Gasteiger partial charge is 0.299 e. The van der Waals surface area contributed by atoms with Crippen LogP contribution in [-0.4, -0.2) is 11.6 Å². The van der Waals surface area contributed by atoms with E-state index in [1.807, 2.05) is 0 Å². The third-order valence-electron chi connectivity index (χ3n) is 8.48. The van der Waals surface area contributed by atoms with Gasteiger partial charge in [-0.05, 0) is 86.5 Å². The van der Waals surface area contributed by atoms with Gasteiger partial charge in [0.25, 0.3) is 0 Å². The van der Waals surface area contributed by atoms with Crippen molar-refractivity contribution < 1.29 is 9.59 Å². The molecule has 23 heavy (non-hydrogen) atoms. The predicted molar refractivity (Wildman–Crippen MR) is 90.9 cm³/mol. The lowest BCUT2D eigenvalue weighted by Gasteiger charge is -2.59. The van der Waals surface area contributed by atoms with Gasteiger partial charge in [0.05, 0.1) is 0 Å². The Hall–Kier alpha value is -0.920. The zero-order valence-corrected chi connectivity index (χ0v) is 14.9. The molecular formula is C21H30O2. The Balaban J connectivity index is 1.64. The van der Waals surface area contributed by atoms with Gasteiger partial charge >= 0.3 is 0 Å². The van der Waals surface area contributed by atoms with Crippen LogP contribution < -0.4 is 0 Å². The lowest BCUT2D eigenvalue weighted by atomic mass is 9.45. The van der Waals surface area contributed by atoms with E-state index in [9.17, 15) is 9.59 Å². The third-order valence-corrected chi connectivity index (χ3v) is 8.48. The first kappa shape index (κ1) is 15.6. The van der Waals surface area contributed by atoms with Crippen LogP contribution in [0.5, 0.6) is 0 Å². The standard InChI is InChI=1S/C21H30O2/c1-13(22)14-8-10-20(2)15(12-14)4-5-16-17-6-7-19(23)21(17,3)11-9-18(16)20/h8,15-18H,4-7,9-12H2,1-3H3/t15-,16+,17+,18+,20+,21+/m1/s1. The fourth-order valence-corrected chi connectivity index (χ4v) is 6.94. The highest BCUT2D eigenvalue weighted by Gasteiger charge is 2.59. The molecule has 0 unspecified atom stereocenters. The molecule has 0 amide bonds. The van der Waals surface area contributed by atoms with Crippen LogP contribution in [0.3, 0.4) is 0 Å². The molecule has 3 fully saturated rings. The van der Waals surface area contributed by atoms with Gasteiger partial charge in [-0.1, -0.05) is 19.9 Å². The average molecular weight is 314 g/mol. The molecular weight excluding hydrogens is 284 g/mol. The van der Waals surface area contributed by atoms with E-state index in [1.165, 1.54) is 19.3 Å². The van der Waals surface area contributed by atoms with E-state index in [-0.39, 0.29) is 11.2 Å². The molecule has 0 aromatic carbocycles. The molecule has 4 rings (SSSR count). The second-order valence-corrected chi connectivity index (χ2v) is 9.27.